The summed E-state index contributed by atoms with van der Waals surface area (Å²) in [5.41, 5.74) is 1.62. The largest absolute Gasteiger partial charge is 0.356 e. The van der Waals surface area contributed by atoms with Crippen molar-refractivity contribution < 1.29 is 9.59 Å². The third-order valence-corrected chi connectivity index (χ3v) is 7.29. The quantitative estimate of drug-likeness (QED) is 0.517. The van der Waals surface area contributed by atoms with Gasteiger partial charge in [-0.15, -0.1) is 0 Å². The number of unbranched alkanes of at least 4 members (excludes halogenated alkanes) is 1. The van der Waals surface area contributed by atoms with Crippen LogP contribution in [-0.2, 0) is 9.59 Å². The van der Waals surface area contributed by atoms with E-state index < -0.39 is 0 Å². The summed E-state index contributed by atoms with van der Waals surface area (Å²) in [6.07, 6.45) is 15.1. The molecule has 4 rings (SSSR count). The van der Waals surface area contributed by atoms with Gasteiger partial charge in [-0.2, -0.15) is 0 Å². The number of rotatable bonds is 7. The van der Waals surface area contributed by atoms with Crippen LogP contribution in [0, 0.1) is 17.3 Å². The first-order valence-corrected chi connectivity index (χ1v) is 11.8. The molecule has 6 nitrogen and oxygen atoms in total. The van der Waals surface area contributed by atoms with Gasteiger partial charge in [0.2, 0.25) is 11.8 Å². The fraction of sp³-hybridized carbons (Fsp3) is 0.708. The molecular weight excluding hydrogens is 376 g/mol. The average Bonchev–Trinajstić information content (AvgIpc) is 3.49. The molecule has 1 N–H and O–H groups in total. The van der Waals surface area contributed by atoms with Gasteiger partial charge in [0.1, 0.15) is 0 Å². The van der Waals surface area contributed by atoms with Crippen molar-refractivity contribution in [3.05, 3.63) is 23.9 Å². The van der Waals surface area contributed by atoms with Gasteiger partial charge >= 0.3 is 0 Å². The standard InChI is InChI=1S/C24H36N4O2/c1-2-3-9-26-23(30)20-6-13-28(14-7-20)22(29)15-19-4-11-27(12-5-19)18-24-8-10-25-17-21(24)16-24/h8,10,15,17,20-21H,2-7,9,11-14,16,18H2,1H3,(H,26,30). The van der Waals surface area contributed by atoms with Crippen LogP contribution in [0.3, 0.4) is 0 Å². The van der Waals surface area contributed by atoms with E-state index in [1.54, 1.807) is 0 Å². The predicted octanol–water partition coefficient (Wildman–Crippen LogP) is 2.77. The molecule has 3 aliphatic heterocycles. The third-order valence-electron chi connectivity index (χ3n) is 7.29. The highest BCUT2D eigenvalue weighted by atomic mass is 16.2. The Hall–Kier alpha value is -1.95. The molecule has 0 aromatic heterocycles. The normalized spacial score (nSPS) is 28.9. The zero-order valence-corrected chi connectivity index (χ0v) is 18.3. The first-order valence-electron chi connectivity index (χ1n) is 11.8. The number of amides is 2. The highest BCUT2D eigenvalue weighted by Gasteiger charge is 2.52. The van der Waals surface area contributed by atoms with E-state index >= 15 is 0 Å². The Morgan fingerprint density at radius 1 is 1.23 bits per heavy atom. The first-order chi connectivity index (χ1) is 14.6. The van der Waals surface area contributed by atoms with Crippen LogP contribution in [0.2, 0.25) is 0 Å². The van der Waals surface area contributed by atoms with Crippen LogP contribution in [0.4, 0.5) is 0 Å². The fourth-order valence-corrected chi connectivity index (χ4v) is 5.04. The van der Waals surface area contributed by atoms with Crippen LogP contribution in [0.25, 0.3) is 0 Å². The molecule has 2 unspecified atom stereocenters. The molecule has 0 radical (unpaired) electrons. The zero-order valence-electron chi connectivity index (χ0n) is 18.3. The van der Waals surface area contributed by atoms with Gasteiger partial charge < -0.3 is 15.1 Å². The van der Waals surface area contributed by atoms with Crippen molar-refractivity contribution in [3.8, 4) is 0 Å². The minimum absolute atomic E-state index is 0.0614. The first kappa shape index (κ1) is 21.3. The average molecular weight is 413 g/mol. The third kappa shape index (κ3) is 5.02. The van der Waals surface area contributed by atoms with E-state index in [4.69, 9.17) is 0 Å². The van der Waals surface area contributed by atoms with E-state index in [2.05, 4.69) is 34.4 Å². The van der Waals surface area contributed by atoms with Gasteiger partial charge in [-0.3, -0.25) is 14.6 Å². The number of fused-ring (bicyclic) bond motifs is 1. The van der Waals surface area contributed by atoms with Crippen molar-refractivity contribution in [1.29, 1.82) is 0 Å². The Bertz CT molecular complexity index is 725. The topological polar surface area (TPSA) is 65.0 Å². The number of likely N-dealkylation sites (tertiary alicyclic amines) is 2. The summed E-state index contributed by atoms with van der Waals surface area (Å²) in [6.45, 7) is 7.48. The summed E-state index contributed by atoms with van der Waals surface area (Å²) in [7, 11) is 0. The molecule has 2 atom stereocenters. The van der Waals surface area contributed by atoms with Crippen LogP contribution in [0.1, 0.15) is 51.9 Å². The Morgan fingerprint density at radius 3 is 2.70 bits per heavy atom. The SMILES string of the molecule is CCCCNC(=O)C1CCN(C(=O)C=C2CCN(CC34C=CN=CC3C4)CC2)CC1. The molecule has 0 spiro atoms. The van der Waals surface area contributed by atoms with Crippen molar-refractivity contribution in [1.82, 2.24) is 15.1 Å². The van der Waals surface area contributed by atoms with Gasteiger partial charge in [-0.25, -0.2) is 0 Å². The number of carbonyl (C=O) groups excluding carboxylic acids is 2. The van der Waals surface area contributed by atoms with Crippen molar-refractivity contribution in [2.45, 2.75) is 51.9 Å². The predicted molar refractivity (Wildman–Crippen MR) is 119 cm³/mol. The van der Waals surface area contributed by atoms with E-state index in [9.17, 15) is 9.59 Å². The number of aliphatic imine (C=N–C) groups is 1. The Kier molecular flexibility index (Phi) is 6.71. The van der Waals surface area contributed by atoms with Gasteiger partial charge in [-0.05, 0) is 38.5 Å². The molecule has 1 saturated carbocycles. The summed E-state index contributed by atoms with van der Waals surface area (Å²) in [5.74, 6) is 0.997. The van der Waals surface area contributed by atoms with E-state index in [1.165, 1.54) is 12.0 Å². The molecule has 3 fully saturated rings. The second kappa shape index (κ2) is 9.46. The molecule has 0 aromatic rings. The molecule has 2 amide bonds. The number of carbonyl (C=O) groups is 2. The summed E-state index contributed by atoms with van der Waals surface area (Å²) in [6, 6.07) is 0. The second-order valence-corrected chi connectivity index (χ2v) is 9.48. The molecule has 1 aliphatic carbocycles. The second-order valence-electron chi connectivity index (χ2n) is 9.48. The summed E-state index contributed by atoms with van der Waals surface area (Å²) in [5, 5.41) is 3.03. The molecule has 0 aromatic carbocycles. The number of hydrogen-bond acceptors (Lipinski definition) is 4. The van der Waals surface area contributed by atoms with Gasteiger partial charge in [-0.1, -0.05) is 25.0 Å². The lowest BCUT2D eigenvalue weighted by Gasteiger charge is -2.33. The zero-order chi connectivity index (χ0) is 21.0. The minimum atomic E-state index is 0.0614. The number of piperidine rings is 2. The van der Waals surface area contributed by atoms with Crippen LogP contribution in [0.5, 0.6) is 0 Å². The molecule has 6 heteroatoms. The molecular formula is C24H36N4O2. The van der Waals surface area contributed by atoms with Gasteiger partial charge in [0.25, 0.3) is 0 Å². The fourth-order valence-electron chi connectivity index (χ4n) is 5.04. The molecule has 30 heavy (non-hydrogen) atoms. The smallest absolute Gasteiger partial charge is 0.246 e. The monoisotopic (exact) mass is 412 g/mol. The van der Waals surface area contributed by atoms with E-state index in [0.29, 0.717) is 24.4 Å². The Labute approximate surface area is 180 Å². The maximum absolute atomic E-state index is 12.7. The van der Waals surface area contributed by atoms with Gasteiger partial charge in [0, 0.05) is 75.0 Å². The number of nitrogens with one attached hydrogen (secondary N) is 1. The molecule has 3 heterocycles. The summed E-state index contributed by atoms with van der Waals surface area (Å²) in [4.78, 5) is 33.7. The highest BCUT2D eigenvalue weighted by molar-refractivity contribution is 5.88. The molecule has 2 saturated heterocycles. The van der Waals surface area contributed by atoms with Gasteiger partial charge in [0.05, 0.1) is 0 Å². The maximum Gasteiger partial charge on any atom is 0.246 e. The van der Waals surface area contributed by atoms with Crippen molar-refractivity contribution in [2.75, 3.05) is 39.3 Å². The number of hydrogen-bond donors (Lipinski definition) is 1. The van der Waals surface area contributed by atoms with Crippen molar-refractivity contribution in [3.63, 3.8) is 0 Å². The maximum atomic E-state index is 12.7. The Balaban J connectivity index is 1.18. The lowest BCUT2D eigenvalue weighted by molar-refractivity contribution is -0.132. The van der Waals surface area contributed by atoms with Crippen LogP contribution in [-0.4, -0.2) is 67.1 Å². The molecule has 0 bridgehead atoms. The lowest BCUT2D eigenvalue weighted by atomic mass is 9.95. The van der Waals surface area contributed by atoms with E-state index in [0.717, 1.165) is 64.7 Å². The molecule has 4 aliphatic rings. The summed E-state index contributed by atoms with van der Waals surface area (Å²) >= 11 is 0. The highest BCUT2D eigenvalue weighted by Crippen LogP contribution is 2.54. The van der Waals surface area contributed by atoms with Crippen LogP contribution in [0.15, 0.2) is 28.9 Å². The van der Waals surface area contributed by atoms with E-state index in [-0.39, 0.29) is 17.7 Å². The van der Waals surface area contributed by atoms with Crippen molar-refractivity contribution in [2.24, 2.45) is 22.2 Å². The van der Waals surface area contributed by atoms with Gasteiger partial charge in [0.15, 0.2) is 0 Å². The minimum Gasteiger partial charge on any atom is -0.356 e. The van der Waals surface area contributed by atoms with Crippen LogP contribution >= 0.6 is 0 Å². The van der Waals surface area contributed by atoms with Crippen LogP contribution < -0.4 is 5.32 Å². The summed E-state index contributed by atoms with van der Waals surface area (Å²) < 4.78 is 0. The lowest BCUT2D eigenvalue weighted by Crippen LogP contribution is -2.43. The molecule has 164 valence electrons. The van der Waals surface area contributed by atoms with Crippen molar-refractivity contribution >= 4 is 18.0 Å². The number of nitrogens with zero attached hydrogens (tertiary/aromatic N) is 3. The van der Waals surface area contributed by atoms with E-state index in [1.807, 2.05) is 17.2 Å². The Morgan fingerprint density at radius 2 is 2.00 bits per heavy atom.